The minimum atomic E-state index is -0.371. The van der Waals surface area contributed by atoms with Crippen LogP contribution in [0.25, 0.3) is 10.1 Å². The zero-order valence-electron chi connectivity index (χ0n) is 12.6. The molecule has 3 rings (SSSR count). The molecule has 3 aromatic rings. The van der Waals surface area contributed by atoms with Gasteiger partial charge in [-0.05, 0) is 41.8 Å². The van der Waals surface area contributed by atoms with Gasteiger partial charge in [-0.3, -0.25) is 4.68 Å². The normalized spacial score (nSPS) is 13.0. The van der Waals surface area contributed by atoms with Gasteiger partial charge in [0.25, 0.3) is 0 Å². The monoisotopic (exact) mass is 300 g/mol. The summed E-state index contributed by atoms with van der Waals surface area (Å²) in [6.07, 6.45) is 0.984. The van der Waals surface area contributed by atoms with E-state index >= 15 is 0 Å². The molecule has 2 heterocycles. The third-order valence-electron chi connectivity index (χ3n) is 4.12. The van der Waals surface area contributed by atoms with E-state index in [0.29, 0.717) is 12.8 Å². The lowest BCUT2D eigenvalue weighted by atomic mass is 10.00. The third kappa shape index (κ3) is 2.74. The average Bonchev–Trinajstić information content (AvgIpc) is 2.96. The largest absolute Gasteiger partial charge is 0.392 e. The Morgan fingerprint density at radius 2 is 2.00 bits per heavy atom. The third-order valence-corrected chi connectivity index (χ3v) is 5.13. The van der Waals surface area contributed by atoms with Crippen molar-refractivity contribution in [3.63, 3.8) is 0 Å². The Balaban J connectivity index is 1.79. The first-order valence-electron chi connectivity index (χ1n) is 7.18. The summed E-state index contributed by atoms with van der Waals surface area (Å²) in [5.74, 6) is 0. The standard InChI is InChI=1S/C17H20N2OS/c1-11-16(12(2)19(3)18-11)9-14(20)8-13-10-21-17-7-5-4-6-15(13)17/h4-7,10,14,20H,8-9H2,1-3H3. The van der Waals surface area contributed by atoms with Crippen LogP contribution in [-0.2, 0) is 19.9 Å². The van der Waals surface area contributed by atoms with Crippen molar-refractivity contribution in [2.24, 2.45) is 7.05 Å². The van der Waals surface area contributed by atoms with Gasteiger partial charge in [-0.15, -0.1) is 11.3 Å². The fourth-order valence-electron chi connectivity index (χ4n) is 2.87. The van der Waals surface area contributed by atoms with Gasteiger partial charge in [0.1, 0.15) is 0 Å². The Labute approximate surface area is 128 Å². The lowest BCUT2D eigenvalue weighted by Crippen LogP contribution is -2.14. The summed E-state index contributed by atoms with van der Waals surface area (Å²) in [5.41, 5.74) is 4.57. The molecule has 21 heavy (non-hydrogen) atoms. The second kappa shape index (κ2) is 5.62. The van der Waals surface area contributed by atoms with Crippen LogP contribution in [-0.4, -0.2) is 21.0 Å². The number of hydrogen-bond acceptors (Lipinski definition) is 3. The smallest absolute Gasteiger partial charge is 0.0629 e. The minimum absolute atomic E-state index is 0.371. The minimum Gasteiger partial charge on any atom is -0.392 e. The van der Waals surface area contributed by atoms with Crippen LogP contribution in [0.2, 0.25) is 0 Å². The van der Waals surface area contributed by atoms with Crippen LogP contribution in [0.3, 0.4) is 0 Å². The molecular formula is C17H20N2OS. The molecule has 1 N–H and O–H groups in total. The summed E-state index contributed by atoms with van der Waals surface area (Å²) in [6.45, 7) is 4.07. The molecule has 0 spiro atoms. The molecule has 0 aliphatic carbocycles. The van der Waals surface area contributed by atoms with Gasteiger partial charge in [-0.1, -0.05) is 18.2 Å². The topological polar surface area (TPSA) is 38.0 Å². The quantitative estimate of drug-likeness (QED) is 0.802. The first-order chi connectivity index (χ1) is 10.1. The molecule has 2 aromatic heterocycles. The summed E-state index contributed by atoms with van der Waals surface area (Å²) >= 11 is 1.75. The Bertz CT molecular complexity index is 772. The summed E-state index contributed by atoms with van der Waals surface area (Å²) in [5, 5.41) is 18.3. The van der Waals surface area contributed by atoms with Crippen molar-refractivity contribution in [1.82, 2.24) is 9.78 Å². The Kier molecular flexibility index (Phi) is 3.83. The number of thiophene rings is 1. The van der Waals surface area contributed by atoms with Gasteiger partial charge in [0.2, 0.25) is 0 Å². The van der Waals surface area contributed by atoms with Gasteiger partial charge in [0.05, 0.1) is 11.8 Å². The Hall–Kier alpha value is -1.65. The molecule has 0 saturated carbocycles. The van der Waals surface area contributed by atoms with Crippen LogP contribution in [0.15, 0.2) is 29.6 Å². The van der Waals surface area contributed by atoms with Crippen molar-refractivity contribution >= 4 is 21.4 Å². The van der Waals surface area contributed by atoms with E-state index in [9.17, 15) is 5.11 Å². The lowest BCUT2D eigenvalue weighted by molar-refractivity contribution is 0.175. The molecule has 0 bridgehead atoms. The Morgan fingerprint density at radius 3 is 2.71 bits per heavy atom. The molecule has 0 aliphatic rings. The van der Waals surface area contributed by atoms with E-state index in [1.165, 1.54) is 21.2 Å². The van der Waals surface area contributed by atoms with E-state index in [-0.39, 0.29) is 6.10 Å². The first-order valence-corrected chi connectivity index (χ1v) is 8.06. The molecule has 4 heteroatoms. The molecule has 0 fully saturated rings. The molecule has 1 unspecified atom stereocenters. The molecule has 1 atom stereocenters. The molecule has 0 aliphatic heterocycles. The van der Waals surface area contributed by atoms with Crippen LogP contribution in [0.5, 0.6) is 0 Å². The average molecular weight is 300 g/mol. The predicted molar refractivity (Wildman–Crippen MR) is 87.9 cm³/mol. The number of rotatable bonds is 4. The second-order valence-corrected chi connectivity index (χ2v) is 6.50. The van der Waals surface area contributed by atoms with Crippen LogP contribution < -0.4 is 0 Å². The second-order valence-electron chi connectivity index (χ2n) is 5.59. The van der Waals surface area contributed by atoms with Crippen molar-refractivity contribution in [3.05, 3.63) is 52.2 Å². The maximum absolute atomic E-state index is 10.5. The predicted octanol–water partition coefficient (Wildman–Crippen LogP) is 3.40. The van der Waals surface area contributed by atoms with E-state index in [1.807, 2.05) is 18.7 Å². The zero-order chi connectivity index (χ0) is 15.0. The van der Waals surface area contributed by atoms with E-state index in [2.05, 4.69) is 41.7 Å². The maximum atomic E-state index is 10.5. The van der Waals surface area contributed by atoms with Crippen molar-refractivity contribution in [1.29, 1.82) is 0 Å². The number of fused-ring (bicyclic) bond motifs is 1. The number of nitrogens with zero attached hydrogens (tertiary/aromatic N) is 2. The van der Waals surface area contributed by atoms with Gasteiger partial charge in [0, 0.05) is 30.3 Å². The molecule has 0 saturated heterocycles. The van der Waals surface area contributed by atoms with Crippen molar-refractivity contribution < 1.29 is 5.11 Å². The number of aliphatic hydroxyl groups excluding tert-OH is 1. The highest BCUT2D eigenvalue weighted by Gasteiger charge is 2.16. The fourth-order valence-corrected chi connectivity index (χ4v) is 3.84. The van der Waals surface area contributed by atoms with Crippen LogP contribution in [0, 0.1) is 13.8 Å². The van der Waals surface area contributed by atoms with Crippen molar-refractivity contribution in [2.45, 2.75) is 32.8 Å². The van der Waals surface area contributed by atoms with E-state index < -0.39 is 0 Å². The number of benzene rings is 1. The summed E-state index contributed by atoms with van der Waals surface area (Å²) < 4.78 is 3.17. The number of aryl methyl sites for hydroxylation is 2. The summed E-state index contributed by atoms with van der Waals surface area (Å²) in [7, 11) is 1.95. The van der Waals surface area contributed by atoms with Gasteiger partial charge in [-0.25, -0.2) is 0 Å². The van der Waals surface area contributed by atoms with Gasteiger partial charge >= 0.3 is 0 Å². The molecule has 1 aromatic carbocycles. The lowest BCUT2D eigenvalue weighted by Gasteiger charge is -2.10. The molecular weight excluding hydrogens is 280 g/mol. The van der Waals surface area contributed by atoms with E-state index in [0.717, 1.165) is 11.4 Å². The van der Waals surface area contributed by atoms with E-state index in [1.54, 1.807) is 11.3 Å². The van der Waals surface area contributed by atoms with Crippen LogP contribution in [0.1, 0.15) is 22.5 Å². The molecule has 110 valence electrons. The van der Waals surface area contributed by atoms with Gasteiger partial charge in [-0.2, -0.15) is 5.10 Å². The highest BCUT2D eigenvalue weighted by molar-refractivity contribution is 7.17. The summed E-state index contributed by atoms with van der Waals surface area (Å²) in [6, 6.07) is 8.38. The van der Waals surface area contributed by atoms with Gasteiger partial charge < -0.3 is 5.11 Å². The molecule has 0 radical (unpaired) electrons. The SMILES string of the molecule is Cc1nn(C)c(C)c1CC(O)Cc1csc2ccccc12. The van der Waals surface area contributed by atoms with Crippen LogP contribution >= 0.6 is 11.3 Å². The van der Waals surface area contributed by atoms with Crippen LogP contribution in [0.4, 0.5) is 0 Å². The first kappa shape index (κ1) is 14.3. The van der Waals surface area contributed by atoms with Crippen molar-refractivity contribution in [2.75, 3.05) is 0 Å². The molecule has 0 amide bonds. The zero-order valence-corrected chi connectivity index (χ0v) is 13.4. The van der Waals surface area contributed by atoms with Crippen molar-refractivity contribution in [3.8, 4) is 0 Å². The Morgan fingerprint density at radius 1 is 1.24 bits per heavy atom. The summed E-state index contributed by atoms with van der Waals surface area (Å²) in [4.78, 5) is 0. The van der Waals surface area contributed by atoms with Gasteiger partial charge in [0.15, 0.2) is 0 Å². The molecule has 3 nitrogen and oxygen atoms in total. The highest BCUT2D eigenvalue weighted by atomic mass is 32.1. The highest BCUT2D eigenvalue weighted by Crippen LogP contribution is 2.27. The number of aromatic nitrogens is 2. The maximum Gasteiger partial charge on any atom is 0.0629 e. The fraction of sp³-hybridized carbons (Fsp3) is 0.353. The number of aliphatic hydroxyl groups is 1. The van der Waals surface area contributed by atoms with E-state index in [4.69, 9.17) is 0 Å². The number of hydrogen-bond donors (Lipinski definition) is 1.